The van der Waals surface area contributed by atoms with Gasteiger partial charge in [-0.1, -0.05) is 17.7 Å². The fourth-order valence-corrected chi connectivity index (χ4v) is 2.98. The molecule has 1 N–H and O–H groups in total. The van der Waals surface area contributed by atoms with Crippen LogP contribution in [0, 0.1) is 20.8 Å². The number of nitrogens with one attached hydrogen (secondary N) is 1. The first-order chi connectivity index (χ1) is 9.06. The molecule has 19 heavy (non-hydrogen) atoms. The molecule has 0 aliphatic heterocycles. The summed E-state index contributed by atoms with van der Waals surface area (Å²) < 4.78 is 0. The number of amides is 1. The second-order valence-corrected chi connectivity index (χ2v) is 5.73. The van der Waals surface area contributed by atoms with Crippen LogP contribution in [-0.2, 0) is 11.2 Å². The highest BCUT2D eigenvalue weighted by Gasteiger charge is 2.08. The summed E-state index contributed by atoms with van der Waals surface area (Å²) in [6.07, 6.45) is 1.34. The third-order valence-corrected chi connectivity index (χ3v) is 3.89. The normalized spacial score (nSPS) is 10.5. The predicted octanol–water partition coefficient (Wildman–Crippen LogP) is 4.24. The first-order valence-electron chi connectivity index (χ1n) is 6.45. The van der Waals surface area contributed by atoms with Crippen molar-refractivity contribution in [3.63, 3.8) is 0 Å². The van der Waals surface area contributed by atoms with E-state index in [4.69, 9.17) is 0 Å². The largest absolute Gasteiger partial charge is 0.326 e. The summed E-state index contributed by atoms with van der Waals surface area (Å²) in [7, 11) is 0. The summed E-state index contributed by atoms with van der Waals surface area (Å²) in [5.41, 5.74) is 5.67. The van der Waals surface area contributed by atoms with Crippen molar-refractivity contribution in [1.82, 2.24) is 0 Å². The van der Waals surface area contributed by atoms with Gasteiger partial charge < -0.3 is 5.32 Å². The summed E-state index contributed by atoms with van der Waals surface area (Å²) in [6.45, 7) is 6.14. The fourth-order valence-electron chi connectivity index (χ4n) is 2.27. The van der Waals surface area contributed by atoms with Crippen molar-refractivity contribution >= 4 is 22.9 Å². The summed E-state index contributed by atoms with van der Waals surface area (Å²) >= 11 is 1.67. The SMILES string of the molecule is Cc1cc(C)c(NC(=O)CCc2ccsc2)c(C)c1. The molecule has 2 rings (SSSR count). The van der Waals surface area contributed by atoms with Crippen molar-refractivity contribution in [3.05, 3.63) is 51.2 Å². The van der Waals surface area contributed by atoms with Crippen LogP contribution < -0.4 is 5.32 Å². The van der Waals surface area contributed by atoms with E-state index in [0.717, 1.165) is 23.2 Å². The Hall–Kier alpha value is -1.61. The monoisotopic (exact) mass is 273 g/mol. The maximum Gasteiger partial charge on any atom is 0.224 e. The van der Waals surface area contributed by atoms with Crippen LogP contribution >= 0.6 is 11.3 Å². The van der Waals surface area contributed by atoms with Crippen molar-refractivity contribution in [2.24, 2.45) is 0 Å². The van der Waals surface area contributed by atoms with Crippen LogP contribution in [0.4, 0.5) is 5.69 Å². The number of benzene rings is 1. The summed E-state index contributed by atoms with van der Waals surface area (Å²) in [5, 5.41) is 7.17. The molecule has 0 fully saturated rings. The minimum Gasteiger partial charge on any atom is -0.326 e. The number of aryl methyl sites for hydroxylation is 4. The first-order valence-corrected chi connectivity index (χ1v) is 7.39. The highest BCUT2D eigenvalue weighted by Crippen LogP contribution is 2.22. The smallest absolute Gasteiger partial charge is 0.224 e. The maximum atomic E-state index is 12.0. The molecule has 1 aromatic heterocycles. The molecule has 0 saturated heterocycles. The zero-order valence-electron chi connectivity index (χ0n) is 11.6. The van der Waals surface area contributed by atoms with Gasteiger partial charge in [-0.25, -0.2) is 0 Å². The van der Waals surface area contributed by atoms with E-state index < -0.39 is 0 Å². The zero-order valence-corrected chi connectivity index (χ0v) is 12.4. The molecule has 1 heterocycles. The fraction of sp³-hybridized carbons (Fsp3) is 0.312. The molecule has 1 amide bonds. The van der Waals surface area contributed by atoms with Crippen molar-refractivity contribution in [2.75, 3.05) is 5.32 Å². The molecular formula is C16H19NOS. The lowest BCUT2D eigenvalue weighted by molar-refractivity contribution is -0.116. The van der Waals surface area contributed by atoms with E-state index in [1.165, 1.54) is 11.1 Å². The van der Waals surface area contributed by atoms with Gasteiger partial charge in [0.15, 0.2) is 0 Å². The van der Waals surface area contributed by atoms with Gasteiger partial charge in [0.2, 0.25) is 5.91 Å². The molecule has 0 radical (unpaired) electrons. The molecule has 2 nitrogen and oxygen atoms in total. The van der Waals surface area contributed by atoms with Crippen LogP contribution in [0.5, 0.6) is 0 Å². The summed E-state index contributed by atoms with van der Waals surface area (Å²) in [5.74, 6) is 0.0845. The summed E-state index contributed by atoms with van der Waals surface area (Å²) in [6, 6.07) is 6.27. The van der Waals surface area contributed by atoms with Crippen LogP contribution in [0.25, 0.3) is 0 Å². The van der Waals surface area contributed by atoms with E-state index >= 15 is 0 Å². The Balaban J connectivity index is 1.99. The average molecular weight is 273 g/mol. The van der Waals surface area contributed by atoms with Crippen LogP contribution in [0.2, 0.25) is 0 Å². The predicted molar refractivity (Wildman–Crippen MR) is 81.9 cm³/mol. The van der Waals surface area contributed by atoms with Gasteiger partial charge in [-0.2, -0.15) is 11.3 Å². The van der Waals surface area contributed by atoms with Gasteiger partial charge in [-0.05, 0) is 60.7 Å². The number of anilines is 1. The molecule has 0 spiro atoms. The van der Waals surface area contributed by atoms with Crippen LogP contribution in [0.3, 0.4) is 0 Å². The van der Waals surface area contributed by atoms with Gasteiger partial charge in [0, 0.05) is 12.1 Å². The van der Waals surface area contributed by atoms with E-state index in [9.17, 15) is 4.79 Å². The van der Waals surface area contributed by atoms with Gasteiger partial charge in [-0.15, -0.1) is 0 Å². The van der Waals surface area contributed by atoms with E-state index in [1.54, 1.807) is 11.3 Å². The lowest BCUT2D eigenvalue weighted by Gasteiger charge is -2.12. The number of hydrogen-bond donors (Lipinski definition) is 1. The topological polar surface area (TPSA) is 29.1 Å². The zero-order chi connectivity index (χ0) is 13.8. The molecule has 0 saturated carbocycles. The highest BCUT2D eigenvalue weighted by atomic mass is 32.1. The van der Waals surface area contributed by atoms with Crippen molar-refractivity contribution in [2.45, 2.75) is 33.6 Å². The molecule has 3 heteroatoms. The van der Waals surface area contributed by atoms with Crippen molar-refractivity contribution in [3.8, 4) is 0 Å². The second-order valence-electron chi connectivity index (χ2n) is 4.95. The first kappa shape index (κ1) is 13.8. The molecule has 2 aromatic rings. The van der Waals surface area contributed by atoms with Crippen molar-refractivity contribution in [1.29, 1.82) is 0 Å². The molecule has 0 unspecified atom stereocenters. The lowest BCUT2D eigenvalue weighted by atomic mass is 10.0. The molecule has 100 valence electrons. The second kappa shape index (κ2) is 6.02. The Morgan fingerprint density at radius 2 is 1.89 bits per heavy atom. The Labute approximate surface area is 118 Å². The van der Waals surface area contributed by atoms with Gasteiger partial charge >= 0.3 is 0 Å². The number of carbonyl (C=O) groups excluding carboxylic acids is 1. The Kier molecular flexibility index (Phi) is 4.38. The molecule has 0 aliphatic carbocycles. The van der Waals surface area contributed by atoms with Gasteiger partial charge in [0.25, 0.3) is 0 Å². The molecule has 0 atom stereocenters. The third-order valence-electron chi connectivity index (χ3n) is 3.16. The minimum atomic E-state index is 0.0845. The molecule has 0 bridgehead atoms. The standard InChI is InChI=1S/C16H19NOS/c1-11-8-12(2)16(13(3)9-11)17-15(18)5-4-14-6-7-19-10-14/h6-10H,4-5H2,1-3H3,(H,17,18). The van der Waals surface area contributed by atoms with Crippen LogP contribution in [0.15, 0.2) is 29.0 Å². The molecular weight excluding hydrogens is 254 g/mol. The van der Waals surface area contributed by atoms with E-state index in [-0.39, 0.29) is 5.91 Å². The van der Waals surface area contributed by atoms with Crippen molar-refractivity contribution < 1.29 is 4.79 Å². The average Bonchev–Trinajstić information content (AvgIpc) is 2.84. The molecule has 0 aliphatic rings. The van der Waals surface area contributed by atoms with E-state index in [0.29, 0.717) is 6.42 Å². The number of carbonyl (C=O) groups is 1. The van der Waals surface area contributed by atoms with Gasteiger partial charge in [-0.3, -0.25) is 4.79 Å². The number of rotatable bonds is 4. The lowest BCUT2D eigenvalue weighted by Crippen LogP contribution is -2.14. The number of thiophene rings is 1. The minimum absolute atomic E-state index is 0.0845. The van der Waals surface area contributed by atoms with Crippen LogP contribution in [0.1, 0.15) is 28.7 Å². The quantitative estimate of drug-likeness (QED) is 0.886. The third kappa shape index (κ3) is 3.67. The van der Waals surface area contributed by atoms with Gasteiger partial charge in [0.05, 0.1) is 0 Å². The van der Waals surface area contributed by atoms with Crippen LogP contribution in [-0.4, -0.2) is 5.91 Å². The summed E-state index contributed by atoms with van der Waals surface area (Å²) in [4.78, 5) is 12.0. The Bertz CT molecular complexity index is 549. The number of hydrogen-bond acceptors (Lipinski definition) is 2. The van der Waals surface area contributed by atoms with E-state index in [2.05, 4.69) is 35.8 Å². The van der Waals surface area contributed by atoms with E-state index in [1.807, 2.05) is 19.2 Å². The highest BCUT2D eigenvalue weighted by molar-refractivity contribution is 7.07. The molecule has 1 aromatic carbocycles. The Morgan fingerprint density at radius 1 is 1.21 bits per heavy atom. The maximum absolute atomic E-state index is 12.0. The Morgan fingerprint density at radius 3 is 2.47 bits per heavy atom. The van der Waals surface area contributed by atoms with Gasteiger partial charge in [0.1, 0.15) is 0 Å².